The van der Waals surface area contributed by atoms with Gasteiger partial charge in [0.25, 0.3) is 5.91 Å². The van der Waals surface area contributed by atoms with Gasteiger partial charge in [0.2, 0.25) is 0 Å². The molecule has 0 unspecified atom stereocenters. The molecule has 1 amide bonds. The number of halogens is 1. The molecular weight excluding hydrogens is 252 g/mol. The van der Waals surface area contributed by atoms with Crippen LogP contribution in [0, 0.1) is 6.92 Å². The normalized spacial score (nSPS) is 10.6. The molecule has 0 aliphatic carbocycles. The molecule has 0 aliphatic heterocycles. The van der Waals surface area contributed by atoms with E-state index < -0.39 is 0 Å². The molecule has 0 atom stereocenters. The van der Waals surface area contributed by atoms with Crippen LogP contribution < -0.4 is 5.32 Å². The van der Waals surface area contributed by atoms with Gasteiger partial charge in [-0.2, -0.15) is 5.10 Å². The topological polar surface area (TPSA) is 73.6 Å². The molecule has 0 aromatic carbocycles. The first-order valence-corrected chi connectivity index (χ1v) is 6.15. The van der Waals surface area contributed by atoms with Crippen LogP contribution in [-0.4, -0.2) is 27.6 Å². The summed E-state index contributed by atoms with van der Waals surface area (Å²) in [5.41, 5.74) is 2.75. The maximum atomic E-state index is 11.7. The smallest absolute Gasteiger partial charge is 0.267 e. The van der Waals surface area contributed by atoms with Crippen molar-refractivity contribution in [3.05, 3.63) is 40.4 Å². The fraction of sp³-hybridized carbons (Fsp3) is 0.333. The van der Waals surface area contributed by atoms with Crippen molar-refractivity contribution < 1.29 is 4.79 Å². The lowest BCUT2D eigenvalue weighted by atomic mass is 10.1. The van der Waals surface area contributed by atoms with Crippen molar-refractivity contribution in [2.24, 2.45) is 0 Å². The Kier molecular flexibility index (Phi) is 4.04. The van der Waals surface area contributed by atoms with Crippen molar-refractivity contribution in [1.82, 2.24) is 20.5 Å². The molecule has 96 valence electrons. The summed E-state index contributed by atoms with van der Waals surface area (Å²) in [5.74, 6) is -0.134. The number of aryl methyl sites for hydroxylation is 2. The monoisotopic (exact) mass is 266 g/mol. The summed E-state index contributed by atoms with van der Waals surface area (Å²) in [6.07, 6.45) is 5.18. The van der Waals surface area contributed by atoms with Gasteiger partial charge < -0.3 is 10.3 Å². The van der Waals surface area contributed by atoms with E-state index in [1.165, 1.54) is 5.56 Å². The lowest BCUT2D eigenvalue weighted by Gasteiger charge is -2.03. The third kappa shape index (κ3) is 3.13. The average molecular weight is 267 g/mol. The second kappa shape index (κ2) is 5.73. The Morgan fingerprint density at radius 2 is 2.39 bits per heavy atom. The zero-order valence-corrected chi connectivity index (χ0v) is 10.8. The third-order valence-electron chi connectivity index (χ3n) is 2.74. The quantitative estimate of drug-likeness (QED) is 0.725. The zero-order valence-electron chi connectivity index (χ0n) is 10.1. The van der Waals surface area contributed by atoms with Crippen molar-refractivity contribution in [1.29, 1.82) is 0 Å². The zero-order chi connectivity index (χ0) is 13.0. The molecule has 0 aliphatic rings. The number of rotatable bonds is 5. The second-order valence-corrected chi connectivity index (χ2v) is 4.55. The van der Waals surface area contributed by atoms with E-state index in [1.54, 1.807) is 12.3 Å². The molecule has 0 fully saturated rings. The van der Waals surface area contributed by atoms with E-state index in [1.807, 2.05) is 13.1 Å². The number of carbonyl (C=O) groups is 1. The van der Waals surface area contributed by atoms with Crippen molar-refractivity contribution in [3.8, 4) is 0 Å². The molecule has 3 N–H and O–H groups in total. The fourth-order valence-corrected chi connectivity index (χ4v) is 1.87. The van der Waals surface area contributed by atoms with Gasteiger partial charge in [-0.05, 0) is 31.4 Å². The van der Waals surface area contributed by atoms with Crippen LogP contribution in [0.4, 0.5) is 0 Å². The van der Waals surface area contributed by atoms with Crippen molar-refractivity contribution in [2.45, 2.75) is 19.8 Å². The van der Waals surface area contributed by atoms with Gasteiger partial charge in [0, 0.05) is 18.4 Å². The Hall–Kier alpha value is -1.75. The van der Waals surface area contributed by atoms with E-state index in [0.29, 0.717) is 17.3 Å². The molecule has 0 bridgehead atoms. The van der Waals surface area contributed by atoms with Crippen LogP contribution in [0.25, 0.3) is 0 Å². The number of carbonyl (C=O) groups excluding carboxylic acids is 1. The highest BCUT2D eigenvalue weighted by Crippen LogP contribution is 2.09. The van der Waals surface area contributed by atoms with Crippen LogP contribution in [0.15, 0.2) is 18.5 Å². The Labute approximate surface area is 110 Å². The molecule has 5 nitrogen and oxygen atoms in total. The van der Waals surface area contributed by atoms with Gasteiger partial charge in [-0.1, -0.05) is 11.6 Å². The van der Waals surface area contributed by atoms with Gasteiger partial charge in [0.15, 0.2) is 0 Å². The number of hydrogen-bond acceptors (Lipinski definition) is 2. The van der Waals surface area contributed by atoms with Gasteiger partial charge in [0.05, 0.1) is 11.2 Å². The first kappa shape index (κ1) is 12.7. The van der Waals surface area contributed by atoms with Crippen LogP contribution in [0.5, 0.6) is 0 Å². The molecule has 2 rings (SSSR count). The molecular formula is C12H15ClN4O. The molecule has 0 saturated heterocycles. The van der Waals surface area contributed by atoms with Crippen LogP contribution >= 0.6 is 11.6 Å². The SMILES string of the molecule is Cc1[nH]ncc1CCCNC(=O)c1cc(Cl)c[nH]1. The Balaban J connectivity index is 1.73. The van der Waals surface area contributed by atoms with E-state index in [-0.39, 0.29) is 5.91 Å². The summed E-state index contributed by atoms with van der Waals surface area (Å²) in [6, 6.07) is 1.61. The summed E-state index contributed by atoms with van der Waals surface area (Å²) in [7, 11) is 0. The number of amides is 1. The molecule has 2 heterocycles. The highest BCUT2D eigenvalue weighted by atomic mass is 35.5. The van der Waals surface area contributed by atoms with Crippen LogP contribution in [0.3, 0.4) is 0 Å². The van der Waals surface area contributed by atoms with Crippen molar-refractivity contribution in [3.63, 3.8) is 0 Å². The number of H-pyrrole nitrogens is 2. The third-order valence-corrected chi connectivity index (χ3v) is 2.95. The standard InChI is InChI=1S/C12H15ClN4O/c1-8-9(6-16-17-8)3-2-4-14-12(18)11-5-10(13)7-15-11/h5-7,15H,2-4H2,1H3,(H,14,18)(H,16,17). The summed E-state index contributed by atoms with van der Waals surface area (Å²) < 4.78 is 0. The summed E-state index contributed by atoms with van der Waals surface area (Å²) in [4.78, 5) is 14.5. The molecule has 2 aromatic rings. The van der Waals surface area contributed by atoms with Gasteiger partial charge in [-0.15, -0.1) is 0 Å². The molecule has 2 aromatic heterocycles. The predicted octanol–water partition coefficient (Wildman–Crippen LogP) is 2.06. The summed E-state index contributed by atoms with van der Waals surface area (Å²) in [5, 5.41) is 10.2. The Morgan fingerprint density at radius 3 is 3.00 bits per heavy atom. The van der Waals surface area contributed by atoms with Gasteiger partial charge in [0.1, 0.15) is 5.69 Å². The number of nitrogens with one attached hydrogen (secondary N) is 3. The molecule has 0 saturated carbocycles. The largest absolute Gasteiger partial charge is 0.356 e. The summed E-state index contributed by atoms with van der Waals surface area (Å²) >= 11 is 5.73. The number of nitrogens with zero attached hydrogens (tertiary/aromatic N) is 1. The second-order valence-electron chi connectivity index (χ2n) is 4.11. The summed E-state index contributed by atoms with van der Waals surface area (Å²) in [6.45, 7) is 2.61. The fourth-order valence-electron chi connectivity index (χ4n) is 1.70. The molecule has 0 spiro atoms. The lowest BCUT2D eigenvalue weighted by molar-refractivity contribution is 0.0949. The van der Waals surface area contributed by atoms with E-state index in [2.05, 4.69) is 20.5 Å². The Bertz CT molecular complexity index is 532. The Morgan fingerprint density at radius 1 is 1.56 bits per heavy atom. The van der Waals surface area contributed by atoms with E-state index in [0.717, 1.165) is 18.5 Å². The number of aromatic amines is 2. The average Bonchev–Trinajstić information content (AvgIpc) is 2.94. The van der Waals surface area contributed by atoms with E-state index >= 15 is 0 Å². The van der Waals surface area contributed by atoms with E-state index in [4.69, 9.17) is 11.6 Å². The lowest BCUT2D eigenvalue weighted by Crippen LogP contribution is -2.25. The molecule has 18 heavy (non-hydrogen) atoms. The first-order chi connectivity index (χ1) is 8.66. The van der Waals surface area contributed by atoms with Crippen molar-refractivity contribution >= 4 is 17.5 Å². The van der Waals surface area contributed by atoms with Gasteiger partial charge >= 0.3 is 0 Å². The minimum Gasteiger partial charge on any atom is -0.356 e. The van der Waals surface area contributed by atoms with Crippen LogP contribution in [0.1, 0.15) is 28.2 Å². The minimum absolute atomic E-state index is 0.134. The number of hydrogen-bond donors (Lipinski definition) is 3. The maximum Gasteiger partial charge on any atom is 0.267 e. The van der Waals surface area contributed by atoms with Crippen LogP contribution in [-0.2, 0) is 6.42 Å². The minimum atomic E-state index is -0.134. The number of aromatic nitrogens is 3. The first-order valence-electron chi connectivity index (χ1n) is 5.78. The predicted molar refractivity (Wildman–Crippen MR) is 69.8 cm³/mol. The maximum absolute atomic E-state index is 11.7. The molecule has 0 radical (unpaired) electrons. The highest BCUT2D eigenvalue weighted by molar-refractivity contribution is 6.30. The van der Waals surface area contributed by atoms with Crippen LogP contribution in [0.2, 0.25) is 5.02 Å². The van der Waals surface area contributed by atoms with Crippen molar-refractivity contribution in [2.75, 3.05) is 6.54 Å². The van der Waals surface area contributed by atoms with E-state index in [9.17, 15) is 4.79 Å². The van der Waals surface area contributed by atoms with Gasteiger partial charge in [-0.25, -0.2) is 0 Å². The molecule has 6 heteroatoms. The van der Waals surface area contributed by atoms with Gasteiger partial charge in [-0.3, -0.25) is 9.89 Å². The highest BCUT2D eigenvalue weighted by Gasteiger charge is 2.07.